The molecule has 0 aromatic heterocycles. The minimum Gasteiger partial charge on any atom is -0.399 e. The van der Waals surface area contributed by atoms with E-state index < -0.39 is 17.5 Å². The quantitative estimate of drug-likeness (QED) is 0.447. The third-order valence-electron chi connectivity index (χ3n) is 2.91. The van der Waals surface area contributed by atoms with Gasteiger partial charge < -0.3 is 16.4 Å². The van der Waals surface area contributed by atoms with Gasteiger partial charge in [0.25, 0.3) is 5.91 Å². The van der Waals surface area contributed by atoms with E-state index in [9.17, 15) is 13.6 Å². The molecule has 24 heavy (non-hydrogen) atoms. The third kappa shape index (κ3) is 4.21. The van der Waals surface area contributed by atoms with Crippen LogP contribution >= 0.6 is 11.6 Å². The highest BCUT2D eigenvalue weighted by atomic mass is 35.5. The molecule has 0 spiro atoms. The molecule has 0 radical (unpaired) electrons. The molecule has 0 saturated carbocycles. The zero-order valence-corrected chi connectivity index (χ0v) is 12.9. The van der Waals surface area contributed by atoms with Gasteiger partial charge in [-0.25, -0.2) is 8.78 Å². The van der Waals surface area contributed by atoms with Gasteiger partial charge in [0, 0.05) is 18.0 Å². The minimum absolute atomic E-state index is 0.199. The molecule has 2 rings (SSSR count). The fourth-order valence-electron chi connectivity index (χ4n) is 1.73. The van der Waals surface area contributed by atoms with E-state index in [1.807, 2.05) is 0 Å². The highest BCUT2D eigenvalue weighted by Gasteiger charge is 2.12. The highest BCUT2D eigenvalue weighted by Crippen LogP contribution is 2.24. The molecule has 0 atom stereocenters. The first kappa shape index (κ1) is 17.2. The SMILES string of the molecule is N#C/C(=C/Nc1cc(F)ccc1F)C(=O)Nc1ccc(N)cc1Cl. The average molecular weight is 349 g/mol. The molecule has 1 amide bonds. The number of nitrogens with zero attached hydrogens (tertiary/aromatic N) is 1. The third-order valence-corrected chi connectivity index (χ3v) is 3.22. The second-order valence-electron chi connectivity index (χ2n) is 4.63. The zero-order valence-electron chi connectivity index (χ0n) is 12.1. The Morgan fingerprint density at radius 1 is 1.21 bits per heavy atom. The average Bonchev–Trinajstić information content (AvgIpc) is 2.54. The Morgan fingerprint density at radius 2 is 1.96 bits per heavy atom. The van der Waals surface area contributed by atoms with E-state index >= 15 is 0 Å². The van der Waals surface area contributed by atoms with Gasteiger partial charge in [0.2, 0.25) is 0 Å². The van der Waals surface area contributed by atoms with E-state index in [4.69, 9.17) is 22.6 Å². The molecule has 122 valence electrons. The first-order valence-corrected chi connectivity index (χ1v) is 6.96. The molecule has 0 unspecified atom stereocenters. The summed E-state index contributed by atoms with van der Waals surface area (Å²) in [5.41, 5.74) is 5.66. The summed E-state index contributed by atoms with van der Waals surface area (Å²) in [4.78, 5) is 12.1. The number of hydrogen-bond donors (Lipinski definition) is 3. The summed E-state index contributed by atoms with van der Waals surface area (Å²) in [6, 6.07) is 8.87. The summed E-state index contributed by atoms with van der Waals surface area (Å²) in [6.45, 7) is 0. The number of carbonyl (C=O) groups excluding carboxylic acids is 1. The molecule has 8 heteroatoms. The van der Waals surface area contributed by atoms with Crippen LogP contribution in [0.1, 0.15) is 0 Å². The van der Waals surface area contributed by atoms with Crippen molar-refractivity contribution in [1.29, 1.82) is 5.26 Å². The normalized spacial score (nSPS) is 10.8. The molecule has 0 aliphatic heterocycles. The summed E-state index contributed by atoms with van der Waals surface area (Å²) < 4.78 is 26.6. The van der Waals surface area contributed by atoms with Crippen LogP contribution in [0.3, 0.4) is 0 Å². The number of halogens is 3. The Morgan fingerprint density at radius 3 is 2.62 bits per heavy atom. The molecule has 0 aliphatic rings. The lowest BCUT2D eigenvalue weighted by molar-refractivity contribution is -0.112. The molecule has 5 nitrogen and oxygen atoms in total. The number of amides is 1. The summed E-state index contributed by atoms with van der Waals surface area (Å²) in [5.74, 6) is -2.16. The molecular weight excluding hydrogens is 338 g/mol. The fourth-order valence-corrected chi connectivity index (χ4v) is 1.97. The van der Waals surface area contributed by atoms with Crippen LogP contribution in [0.15, 0.2) is 48.2 Å². The van der Waals surface area contributed by atoms with Gasteiger partial charge in [0.1, 0.15) is 23.3 Å². The predicted molar refractivity (Wildman–Crippen MR) is 88.2 cm³/mol. The number of anilines is 3. The van der Waals surface area contributed by atoms with E-state index in [1.165, 1.54) is 18.2 Å². The van der Waals surface area contributed by atoms with Gasteiger partial charge in [-0.15, -0.1) is 0 Å². The molecule has 0 saturated heterocycles. The topological polar surface area (TPSA) is 90.9 Å². The number of rotatable bonds is 4. The van der Waals surface area contributed by atoms with E-state index in [0.29, 0.717) is 5.69 Å². The van der Waals surface area contributed by atoms with Crippen LogP contribution in [0.25, 0.3) is 0 Å². The lowest BCUT2D eigenvalue weighted by Gasteiger charge is -2.08. The molecule has 2 aromatic rings. The Kier molecular flexibility index (Phi) is 5.35. The molecule has 0 fully saturated rings. The molecular formula is C16H11ClF2N4O. The van der Waals surface area contributed by atoms with Gasteiger partial charge in [0.15, 0.2) is 0 Å². The number of hydrogen-bond acceptors (Lipinski definition) is 4. The van der Waals surface area contributed by atoms with Crippen LogP contribution in [-0.2, 0) is 4.79 Å². The first-order valence-electron chi connectivity index (χ1n) is 6.59. The smallest absolute Gasteiger partial charge is 0.267 e. The standard InChI is InChI=1S/C16H11ClF2N4O/c17-12-6-11(21)2-4-14(12)23-16(24)9(7-20)8-22-15-5-10(18)1-3-13(15)19/h1-6,8,22H,21H2,(H,23,24)/b9-8-. The predicted octanol–water partition coefficient (Wildman–Crippen LogP) is 3.66. The van der Waals surface area contributed by atoms with Crippen LogP contribution in [0.2, 0.25) is 5.02 Å². The van der Waals surface area contributed by atoms with Crippen molar-refractivity contribution in [3.8, 4) is 6.07 Å². The maximum absolute atomic E-state index is 13.5. The fraction of sp³-hybridized carbons (Fsp3) is 0. The van der Waals surface area contributed by atoms with Crippen LogP contribution in [-0.4, -0.2) is 5.91 Å². The number of benzene rings is 2. The van der Waals surface area contributed by atoms with Gasteiger partial charge in [-0.05, 0) is 30.3 Å². The van der Waals surface area contributed by atoms with Crippen molar-refractivity contribution in [3.05, 3.63) is 64.8 Å². The molecule has 4 N–H and O–H groups in total. The van der Waals surface area contributed by atoms with E-state index in [0.717, 1.165) is 24.4 Å². The van der Waals surface area contributed by atoms with Crippen molar-refractivity contribution in [2.75, 3.05) is 16.4 Å². The number of nitrogen functional groups attached to an aromatic ring is 1. The number of nitrogens with one attached hydrogen (secondary N) is 2. The van der Waals surface area contributed by atoms with Crippen molar-refractivity contribution >= 4 is 34.6 Å². The van der Waals surface area contributed by atoms with Crippen molar-refractivity contribution in [2.45, 2.75) is 0 Å². The van der Waals surface area contributed by atoms with Gasteiger partial charge in [-0.1, -0.05) is 11.6 Å². The Labute approximate surface area is 141 Å². The second-order valence-corrected chi connectivity index (χ2v) is 5.04. The van der Waals surface area contributed by atoms with Crippen LogP contribution in [0, 0.1) is 23.0 Å². The van der Waals surface area contributed by atoms with Crippen molar-refractivity contribution in [1.82, 2.24) is 0 Å². The van der Waals surface area contributed by atoms with Crippen LogP contribution in [0.5, 0.6) is 0 Å². The number of nitriles is 1. The minimum atomic E-state index is -0.770. The Hall–Kier alpha value is -3.11. The number of carbonyl (C=O) groups is 1. The van der Waals surface area contributed by atoms with Gasteiger partial charge in [0.05, 0.1) is 16.4 Å². The molecule has 2 aromatic carbocycles. The van der Waals surface area contributed by atoms with Gasteiger partial charge >= 0.3 is 0 Å². The number of nitrogens with two attached hydrogens (primary N) is 1. The van der Waals surface area contributed by atoms with Crippen molar-refractivity contribution in [2.24, 2.45) is 0 Å². The van der Waals surface area contributed by atoms with Crippen LogP contribution in [0.4, 0.5) is 25.8 Å². The highest BCUT2D eigenvalue weighted by molar-refractivity contribution is 6.34. The largest absolute Gasteiger partial charge is 0.399 e. The van der Waals surface area contributed by atoms with E-state index in [1.54, 1.807) is 6.07 Å². The summed E-state index contributed by atoms with van der Waals surface area (Å²) in [6.07, 6.45) is 0.971. The molecule has 0 heterocycles. The van der Waals surface area contributed by atoms with Gasteiger partial charge in [-0.2, -0.15) is 5.26 Å². The Bertz CT molecular complexity index is 862. The van der Waals surface area contributed by atoms with E-state index in [-0.39, 0.29) is 22.0 Å². The Balaban J connectivity index is 2.16. The maximum atomic E-state index is 13.5. The van der Waals surface area contributed by atoms with Crippen molar-refractivity contribution in [3.63, 3.8) is 0 Å². The van der Waals surface area contributed by atoms with Gasteiger partial charge in [-0.3, -0.25) is 4.79 Å². The van der Waals surface area contributed by atoms with Crippen LogP contribution < -0.4 is 16.4 Å². The summed E-state index contributed by atoms with van der Waals surface area (Å²) in [7, 11) is 0. The van der Waals surface area contributed by atoms with E-state index in [2.05, 4.69) is 10.6 Å². The lowest BCUT2D eigenvalue weighted by atomic mass is 10.2. The lowest BCUT2D eigenvalue weighted by Crippen LogP contribution is -2.15. The zero-order chi connectivity index (χ0) is 17.7. The molecule has 0 bridgehead atoms. The summed E-state index contributed by atoms with van der Waals surface area (Å²) in [5, 5.41) is 14.1. The first-order chi connectivity index (χ1) is 11.4. The monoisotopic (exact) mass is 348 g/mol. The summed E-state index contributed by atoms with van der Waals surface area (Å²) >= 11 is 5.93. The second kappa shape index (κ2) is 7.44. The molecule has 0 aliphatic carbocycles. The maximum Gasteiger partial charge on any atom is 0.267 e. The van der Waals surface area contributed by atoms with Crippen molar-refractivity contribution < 1.29 is 13.6 Å².